The Balaban J connectivity index is 1.89. The molecule has 1 saturated carbocycles. The zero-order valence-corrected chi connectivity index (χ0v) is 11.8. The third-order valence-corrected chi connectivity index (χ3v) is 4.71. The molecule has 100 valence electrons. The molecule has 1 heterocycles. The van der Waals surface area contributed by atoms with Crippen LogP contribution in [0.15, 0.2) is 0 Å². The van der Waals surface area contributed by atoms with E-state index in [1.807, 2.05) is 0 Å². The molecule has 0 aromatic rings. The van der Waals surface area contributed by atoms with Crippen LogP contribution in [-0.4, -0.2) is 37.1 Å². The van der Waals surface area contributed by atoms with Crippen molar-refractivity contribution < 1.29 is 0 Å². The Morgan fingerprint density at radius 3 is 2.65 bits per heavy atom. The Morgan fingerprint density at radius 2 is 2.12 bits per heavy atom. The monoisotopic (exact) mass is 238 g/mol. The van der Waals surface area contributed by atoms with Gasteiger partial charge in [-0.1, -0.05) is 20.3 Å². The van der Waals surface area contributed by atoms with Crippen molar-refractivity contribution in [3.8, 4) is 0 Å². The Labute approximate surface area is 107 Å². The first-order valence-corrected chi connectivity index (χ1v) is 7.74. The first-order valence-electron chi connectivity index (χ1n) is 7.74. The van der Waals surface area contributed by atoms with Gasteiger partial charge in [-0.25, -0.2) is 0 Å². The highest BCUT2D eigenvalue weighted by Gasteiger charge is 2.37. The highest BCUT2D eigenvalue weighted by Crippen LogP contribution is 2.35. The van der Waals surface area contributed by atoms with Crippen molar-refractivity contribution in [1.82, 2.24) is 10.2 Å². The van der Waals surface area contributed by atoms with Gasteiger partial charge in [0.05, 0.1) is 0 Å². The molecule has 2 fully saturated rings. The van der Waals surface area contributed by atoms with E-state index in [0.717, 1.165) is 6.04 Å². The lowest BCUT2D eigenvalue weighted by atomic mass is 9.78. The van der Waals surface area contributed by atoms with Crippen molar-refractivity contribution in [3.05, 3.63) is 0 Å². The second-order valence-corrected chi connectivity index (χ2v) is 6.19. The molecule has 1 aliphatic carbocycles. The highest BCUT2D eigenvalue weighted by molar-refractivity contribution is 4.92. The molecule has 1 unspecified atom stereocenters. The maximum atomic E-state index is 3.62. The quantitative estimate of drug-likeness (QED) is 0.733. The number of hydrogen-bond donors (Lipinski definition) is 1. The van der Waals surface area contributed by atoms with Crippen LogP contribution < -0.4 is 5.32 Å². The predicted molar refractivity (Wildman–Crippen MR) is 74.3 cm³/mol. The van der Waals surface area contributed by atoms with Gasteiger partial charge in [-0.2, -0.15) is 0 Å². The normalized spacial score (nSPS) is 29.8. The standard InChI is InChI=1S/C15H30N2/c1-3-5-11-17(14-7-8-14)13-15(4-2)9-6-10-16-12-15/h14,16H,3-13H2,1-2H3. The molecule has 0 amide bonds. The van der Waals surface area contributed by atoms with Gasteiger partial charge in [0.2, 0.25) is 0 Å². The summed E-state index contributed by atoms with van der Waals surface area (Å²) in [4.78, 5) is 2.81. The Hall–Kier alpha value is -0.0800. The lowest BCUT2D eigenvalue weighted by Crippen LogP contribution is -2.48. The van der Waals surface area contributed by atoms with Gasteiger partial charge in [-0.15, -0.1) is 0 Å². The minimum absolute atomic E-state index is 0.578. The fourth-order valence-electron chi connectivity index (χ4n) is 3.20. The smallest absolute Gasteiger partial charge is 0.00966 e. The predicted octanol–water partition coefficient (Wildman–Crippen LogP) is 3.03. The third-order valence-electron chi connectivity index (χ3n) is 4.71. The number of nitrogens with one attached hydrogen (secondary N) is 1. The second kappa shape index (κ2) is 6.19. The molecule has 1 aliphatic heterocycles. The van der Waals surface area contributed by atoms with Gasteiger partial charge in [0, 0.05) is 19.1 Å². The number of nitrogens with zero attached hydrogens (tertiary/aromatic N) is 1. The maximum absolute atomic E-state index is 3.62. The zero-order chi connectivity index (χ0) is 12.1. The average Bonchev–Trinajstić information content (AvgIpc) is 3.20. The van der Waals surface area contributed by atoms with E-state index in [1.165, 1.54) is 71.1 Å². The summed E-state index contributed by atoms with van der Waals surface area (Å²) in [6, 6.07) is 0.937. The van der Waals surface area contributed by atoms with Crippen LogP contribution in [0.3, 0.4) is 0 Å². The van der Waals surface area contributed by atoms with Crippen LogP contribution in [0.2, 0.25) is 0 Å². The molecule has 1 N–H and O–H groups in total. The van der Waals surface area contributed by atoms with Crippen LogP contribution in [0.1, 0.15) is 58.8 Å². The van der Waals surface area contributed by atoms with Gasteiger partial charge in [-0.3, -0.25) is 4.90 Å². The number of unbranched alkanes of at least 4 members (excludes halogenated alkanes) is 1. The van der Waals surface area contributed by atoms with Crippen LogP contribution in [0, 0.1) is 5.41 Å². The number of piperidine rings is 1. The molecule has 2 rings (SSSR count). The SMILES string of the molecule is CCCCN(CC1(CC)CCCNC1)C1CC1. The van der Waals surface area contributed by atoms with Crippen LogP contribution in [0.25, 0.3) is 0 Å². The van der Waals surface area contributed by atoms with E-state index in [9.17, 15) is 0 Å². The zero-order valence-electron chi connectivity index (χ0n) is 11.8. The van der Waals surface area contributed by atoms with Gasteiger partial charge in [0.15, 0.2) is 0 Å². The van der Waals surface area contributed by atoms with Crippen molar-refractivity contribution in [2.75, 3.05) is 26.2 Å². The highest BCUT2D eigenvalue weighted by atomic mass is 15.2. The lowest BCUT2D eigenvalue weighted by Gasteiger charge is -2.41. The number of hydrogen-bond acceptors (Lipinski definition) is 2. The molecular formula is C15H30N2. The van der Waals surface area contributed by atoms with E-state index < -0.39 is 0 Å². The summed E-state index contributed by atoms with van der Waals surface area (Å²) in [7, 11) is 0. The summed E-state index contributed by atoms with van der Waals surface area (Å²) >= 11 is 0. The average molecular weight is 238 g/mol. The van der Waals surface area contributed by atoms with Crippen molar-refractivity contribution in [2.45, 2.75) is 64.8 Å². The van der Waals surface area contributed by atoms with Crippen LogP contribution >= 0.6 is 0 Å². The van der Waals surface area contributed by atoms with Gasteiger partial charge in [0.25, 0.3) is 0 Å². The Kier molecular flexibility index (Phi) is 4.87. The molecule has 17 heavy (non-hydrogen) atoms. The van der Waals surface area contributed by atoms with Crippen LogP contribution in [0.4, 0.5) is 0 Å². The summed E-state index contributed by atoms with van der Waals surface area (Å²) in [5, 5.41) is 3.62. The summed E-state index contributed by atoms with van der Waals surface area (Å²) < 4.78 is 0. The molecule has 2 aliphatic rings. The van der Waals surface area contributed by atoms with Crippen molar-refractivity contribution >= 4 is 0 Å². The van der Waals surface area contributed by atoms with E-state index >= 15 is 0 Å². The first-order chi connectivity index (χ1) is 8.29. The van der Waals surface area contributed by atoms with Gasteiger partial charge in [0.1, 0.15) is 0 Å². The van der Waals surface area contributed by atoms with Gasteiger partial charge < -0.3 is 5.32 Å². The van der Waals surface area contributed by atoms with Crippen LogP contribution in [-0.2, 0) is 0 Å². The van der Waals surface area contributed by atoms with Gasteiger partial charge >= 0.3 is 0 Å². The van der Waals surface area contributed by atoms with Gasteiger partial charge in [-0.05, 0) is 57.0 Å². The van der Waals surface area contributed by atoms with E-state index in [2.05, 4.69) is 24.1 Å². The fourth-order valence-corrected chi connectivity index (χ4v) is 3.20. The Morgan fingerprint density at radius 1 is 1.29 bits per heavy atom. The maximum Gasteiger partial charge on any atom is 0.00966 e. The van der Waals surface area contributed by atoms with E-state index in [4.69, 9.17) is 0 Å². The fraction of sp³-hybridized carbons (Fsp3) is 1.00. The molecule has 2 heteroatoms. The van der Waals surface area contributed by atoms with E-state index in [-0.39, 0.29) is 0 Å². The molecule has 0 bridgehead atoms. The molecule has 0 aromatic carbocycles. The topological polar surface area (TPSA) is 15.3 Å². The summed E-state index contributed by atoms with van der Waals surface area (Å²) in [6.07, 6.45) is 9.78. The molecule has 2 nitrogen and oxygen atoms in total. The lowest BCUT2D eigenvalue weighted by molar-refractivity contribution is 0.105. The Bertz CT molecular complexity index is 217. The second-order valence-electron chi connectivity index (χ2n) is 6.19. The molecule has 0 radical (unpaired) electrons. The van der Waals surface area contributed by atoms with E-state index in [1.54, 1.807) is 0 Å². The summed E-state index contributed by atoms with van der Waals surface area (Å²) in [5.74, 6) is 0. The molecule has 0 spiro atoms. The largest absolute Gasteiger partial charge is 0.316 e. The summed E-state index contributed by atoms with van der Waals surface area (Å²) in [5.41, 5.74) is 0.578. The van der Waals surface area contributed by atoms with Crippen molar-refractivity contribution in [3.63, 3.8) is 0 Å². The molecular weight excluding hydrogens is 208 g/mol. The van der Waals surface area contributed by atoms with E-state index in [0.29, 0.717) is 5.41 Å². The molecule has 1 atom stereocenters. The molecule has 1 saturated heterocycles. The minimum Gasteiger partial charge on any atom is -0.316 e. The van der Waals surface area contributed by atoms with Crippen molar-refractivity contribution in [2.24, 2.45) is 5.41 Å². The first kappa shape index (κ1) is 13.4. The van der Waals surface area contributed by atoms with Crippen molar-refractivity contribution in [1.29, 1.82) is 0 Å². The number of rotatable bonds is 7. The van der Waals surface area contributed by atoms with Crippen LogP contribution in [0.5, 0.6) is 0 Å². The summed E-state index contributed by atoms with van der Waals surface area (Å²) in [6.45, 7) is 9.86. The minimum atomic E-state index is 0.578. The molecule has 0 aromatic heterocycles. The third kappa shape index (κ3) is 3.69.